The molecule has 0 aromatic heterocycles. The molecule has 1 N–H and O–H groups in total. The van der Waals surface area contributed by atoms with Crippen molar-refractivity contribution in [2.24, 2.45) is 0 Å². The topological polar surface area (TPSA) is 35.1 Å². The summed E-state index contributed by atoms with van der Waals surface area (Å²) in [4.78, 5) is 0. The lowest BCUT2D eigenvalue weighted by atomic mass is 10.1. The van der Waals surface area contributed by atoms with Crippen LogP contribution in [0.25, 0.3) is 0 Å². The first-order chi connectivity index (χ1) is 8.21. The van der Waals surface area contributed by atoms with Crippen molar-refractivity contribution in [3.8, 4) is 0 Å². The third kappa shape index (κ3) is 4.50. The Balaban J connectivity index is 2.91. The van der Waals surface area contributed by atoms with Crippen LogP contribution in [-0.4, -0.2) is 15.7 Å². The molecule has 0 aliphatic heterocycles. The maximum absolute atomic E-state index is 13.1. The molecule has 2 nitrogen and oxygen atoms in total. The summed E-state index contributed by atoms with van der Waals surface area (Å²) in [5.41, 5.74) is 0.414. The molecule has 1 aromatic carbocycles. The fraction of sp³-hybridized carbons (Fsp3) is 0.500. The highest BCUT2D eigenvalue weighted by Gasteiger charge is 2.33. The molecule has 0 aliphatic rings. The Labute approximate surface area is 118 Å². The number of benzene rings is 1. The second-order valence-corrected chi connectivity index (χ2v) is 7.78. The summed E-state index contributed by atoms with van der Waals surface area (Å²) >= 11 is 1.70. The number of halogens is 3. The largest absolute Gasteiger partial charge is 0.598 e. The maximum atomic E-state index is 13.1. The van der Waals surface area contributed by atoms with Crippen molar-refractivity contribution in [2.45, 2.75) is 38.0 Å². The molecular formula is C12H16BrF2NOS. The van der Waals surface area contributed by atoms with Gasteiger partial charge in [0.25, 0.3) is 6.43 Å². The van der Waals surface area contributed by atoms with Crippen LogP contribution in [0.4, 0.5) is 8.78 Å². The van der Waals surface area contributed by atoms with Gasteiger partial charge in [0.2, 0.25) is 0 Å². The van der Waals surface area contributed by atoms with E-state index in [4.69, 9.17) is 0 Å². The lowest BCUT2D eigenvalue weighted by Gasteiger charge is -2.27. The van der Waals surface area contributed by atoms with Crippen molar-refractivity contribution >= 4 is 27.3 Å². The van der Waals surface area contributed by atoms with E-state index in [0.717, 1.165) is 0 Å². The van der Waals surface area contributed by atoms with E-state index in [1.807, 2.05) is 0 Å². The van der Waals surface area contributed by atoms with Crippen molar-refractivity contribution in [1.82, 2.24) is 4.72 Å². The average molecular weight is 340 g/mol. The van der Waals surface area contributed by atoms with E-state index in [9.17, 15) is 13.3 Å². The molecule has 0 heterocycles. The Morgan fingerprint density at radius 1 is 1.33 bits per heavy atom. The van der Waals surface area contributed by atoms with Crippen LogP contribution in [0.3, 0.4) is 0 Å². The van der Waals surface area contributed by atoms with Crippen LogP contribution in [0.1, 0.15) is 32.4 Å². The molecule has 2 unspecified atom stereocenters. The summed E-state index contributed by atoms with van der Waals surface area (Å²) in [6, 6.07) is 5.39. The molecule has 0 spiro atoms. The van der Waals surface area contributed by atoms with Gasteiger partial charge in [-0.2, -0.15) is 0 Å². The number of nitrogens with one attached hydrogen (secondary N) is 1. The van der Waals surface area contributed by atoms with Crippen LogP contribution in [0.5, 0.6) is 0 Å². The summed E-state index contributed by atoms with van der Waals surface area (Å²) in [5, 5.41) is 0. The predicted octanol–water partition coefficient (Wildman–Crippen LogP) is 3.81. The summed E-state index contributed by atoms with van der Waals surface area (Å²) in [6.45, 7) is 5.21. The molecule has 0 aliphatic carbocycles. The van der Waals surface area contributed by atoms with Crippen molar-refractivity contribution in [3.05, 3.63) is 34.3 Å². The molecule has 0 fully saturated rings. The number of hydrogen-bond donors (Lipinski definition) is 1. The van der Waals surface area contributed by atoms with E-state index < -0.39 is 28.6 Å². The van der Waals surface area contributed by atoms with Crippen molar-refractivity contribution in [1.29, 1.82) is 0 Å². The summed E-state index contributed by atoms with van der Waals surface area (Å²) < 4.78 is 40.6. The summed E-state index contributed by atoms with van der Waals surface area (Å²) in [6.07, 6.45) is -2.62. The molecule has 0 saturated carbocycles. The second-order valence-electron chi connectivity index (χ2n) is 4.87. The van der Waals surface area contributed by atoms with Gasteiger partial charge < -0.3 is 4.55 Å². The molecule has 1 aromatic rings. The number of hydrogen-bond acceptors (Lipinski definition) is 2. The fourth-order valence-corrected chi connectivity index (χ4v) is 2.50. The highest BCUT2D eigenvalue weighted by Crippen LogP contribution is 2.26. The Morgan fingerprint density at radius 2 is 1.94 bits per heavy atom. The minimum atomic E-state index is -2.62. The predicted molar refractivity (Wildman–Crippen MR) is 73.9 cm³/mol. The summed E-state index contributed by atoms with van der Waals surface area (Å²) in [5.74, 6) is 0. The third-order valence-electron chi connectivity index (χ3n) is 2.25. The first-order valence-electron chi connectivity index (χ1n) is 5.43. The van der Waals surface area contributed by atoms with Gasteiger partial charge in [0.1, 0.15) is 10.8 Å². The number of rotatable bonds is 4. The molecule has 1 rings (SSSR count). The van der Waals surface area contributed by atoms with Crippen LogP contribution < -0.4 is 4.72 Å². The normalized spacial score (nSPS) is 15.8. The minimum absolute atomic E-state index is 0.414. The highest BCUT2D eigenvalue weighted by molar-refractivity contribution is 9.10. The van der Waals surface area contributed by atoms with Crippen LogP contribution in [-0.2, 0) is 11.4 Å². The Kier molecular flexibility index (Phi) is 5.58. The van der Waals surface area contributed by atoms with E-state index >= 15 is 0 Å². The molecule has 0 saturated heterocycles. The van der Waals surface area contributed by atoms with E-state index in [1.54, 1.807) is 45.0 Å². The lowest BCUT2D eigenvalue weighted by molar-refractivity contribution is 0.108. The van der Waals surface area contributed by atoms with Crippen molar-refractivity contribution in [2.75, 3.05) is 0 Å². The molecule has 0 bridgehead atoms. The lowest BCUT2D eigenvalue weighted by Crippen LogP contribution is -2.43. The third-order valence-corrected chi connectivity index (χ3v) is 4.32. The van der Waals surface area contributed by atoms with Crippen LogP contribution in [0.15, 0.2) is 28.7 Å². The zero-order valence-corrected chi connectivity index (χ0v) is 12.8. The monoisotopic (exact) mass is 339 g/mol. The zero-order valence-electron chi connectivity index (χ0n) is 10.4. The van der Waals surface area contributed by atoms with Gasteiger partial charge in [-0.15, -0.1) is 4.72 Å². The van der Waals surface area contributed by atoms with E-state index in [-0.39, 0.29) is 0 Å². The van der Waals surface area contributed by atoms with Gasteiger partial charge in [0.15, 0.2) is 0 Å². The van der Waals surface area contributed by atoms with Crippen LogP contribution in [0, 0.1) is 0 Å². The van der Waals surface area contributed by atoms with Gasteiger partial charge in [-0.25, -0.2) is 8.78 Å². The van der Waals surface area contributed by atoms with E-state index in [2.05, 4.69) is 20.7 Å². The Bertz CT molecular complexity index is 398. The molecule has 18 heavy (non-hydrogen) atoms. The first-order valence-corrected chi connectivity index (χ1v) is 7.38. The molecule has 102 valence electrons. The van der Waals surface area contributed by atoms with Gasteiger partial charge in [-0.3, -0.25) is 0 Å². The zero-order chi connectivity index (χ0) is 13.9. The van der Waals surface area contributed by atoms with Gasteiger partial charge in [-0.1, -0.05) is 28.1 Å². The SMILES string of the molecule is CC(C)(C)[S+]([O-])NC(c1cccc(Br)c1)C(F)F. The van der Waals surface area contributed by atoms with Crippen LogP contribution >= 0.6 is 15.9 Å². The molecule has 0 amide bonds. The molecule has 6 heteroatoms. The quantitative estimate of drug-likeness (QED) is 0.846. The molecule has 2 atom stereocenters. The van der Waals surface area contributed by atoms with Crippen LogP contribution in [0.2, 0.25) is 0 Å². The molecule has 0 radical (unpaired) electrons. The second kappa shape index (κ2) is 6.32. The van der Waals surface area contributed by atoms with E-state index in [1.165, 1.54) is 0 Å². The Hall–Kier alpha value is -0.170. The fourth-order valence-electron chi connectivity index (χ4n) is 1.26. The van der Waals surface area contributed by atoms with Crippen molar-refractivity contribution in [3.63, 3.8) is 0 Å². The molecular weight excluding hydrogens is 324 g/mol. The summed E-state index contributed by atoms with van der Waals surface area (Å²) in [7, 11) is 0. The van der Waals surface area contributed by atoms with Crippen molar-refractivity contribution < 1.29 is 13.3 Å². The van der Waals surface area contributed by atoms with E-state index in [0.29, 0.717) is 10.0 Å². The standard InChI is InChI=1S/C12H16BrF2NOS/c1-12(2,3)18(17)16-10(11(14)15)8-5-4-6-9(13)7-8/h4-7,10-11,16H,1-3H3. The van der Waals surface area contributed by atoms with Gasteiger partial charge in [0.05, 0.1) is 0 Å². The Morgan fingerprint density at radius 3 is 2.39 bits per heavy atom. The number of alkyl halides is 2. The van der Waals surface area contributed by atoms with Gasteiger partial charge in [-0.05, 0) is 38.5 Å². The van der Waals surface area contributed by atoms with Gasteiger partial charge >= 0.3 is 0 Å². The maximum Gasteiger partial charge on any atom is 0.262 e. The first kappa shape index (κ1) is 15.9. The average Bonchev–Trinajstić information content (AvgIpc) is 2.23. The van der Waals surface area contributed by atoms with Gasteiger partial charge in [0, 0.05) is 15.8 Å². The minimum Gasteiger partial charge on any atom is -0.598 e. The highest BCUT2D eigenvalue weighted by atomic mass is 79.9. The smallest absolute Gasteiger partial charge is 0.262 e.